The molecule has 0 aliphatic carbocycles. The Balaban J connectivity index is 1.39. The van der Waals surface area contributed by atoms with Gasteiger partial charge in [0.15, 0.2) is 0 Å². The predicted octanol–water partition coefficient (Wildman–Crippen LogP) is 2.75. The molecule has 5 rings (SSSR count). The summed E-state index contributed by atoms with van der Waals surface area (Å²) in [5, 5.41) is 0.602. The smallest absolute Gasteiger partial charge is 0.258 e. The van der Waals surface area contributed by atoms with E-state index in [0.29, 0.717) is 29.7 Å². The van der Waals surface area contributed by atoms with Gasteiger partial charge in [-0.05, 0) is 30.3 Å². The summed E-state index contributed by atoms with van der Waals surface area (Å²) in [4.78, 5) is 32.4. The number of hydrogen-bond donors (Lipinski definition) is 1. The highest BCUT2D eigenvalue weighted by Gasteiger charge is 2.24. The fourth-order valence-electron chi connectivity index (χ4n) is 4.16. The lowest BCUT2D eigenvalue weighted by molar-refractivity contribution is 0.0747. The number of methoxy groups -OCH3 is 1. The normalized spacial score (nSPS) is 14.4. The maximum absolute atomic E-state index is 13.1. The van der Waals surface area contributed by atoms with Crippen molar-refractivity contribution in [3.63, 3.8) is 0 Å². The molecule has 1 amide bonds. The topological polar surface area (TPSA) is 70.0 Å². The first kappa shape index (κ1) is 18.3. The van der Waals surface area contributed by atoms with E-state index < -0.39 is 0 Å². The molecule has 7 heteroatoms. The van der Waals surface area contributed by atoms with E-state index in [4.69, 9.17) is 4.74 Å². The lowest BCUT2D eigenvalue weighted by atomic mass is 10.2. The second-order valence-corrected chi connectivity index (χ2v) is 7.41. The summed E-state index contributed by atoms with van der Waals surface area (Å²) >= 11 is 0. The van der Waals surface area contributed by atoms with E-state index in [9.17, 15) is 9.59 Å². The summed E-state index contributed by atoms with van der Waals surface area (Å²) in [6.07, 6.45) is 1.81. The number of fused-ring (bicyclic) bond motifs is 3. The molecule has 0 radical (unpaired) electrons. The van der Waals surface area contributed by atoms with Crippen LogP contribution in [0.3, 0.4) is 0 Å². The van der Waals surface area contributed by atoms with Crippen LogP contribution in [0.4, 0.5) is 5.69 Å². The van der Waals surface area contributed by atoms with Crippen LogP contribution in [0.5, 0.6) is 5.75 Å². The highest BCUT2D eigenvalue weighted by molar-refractivity contribution is 5.96. The Morgan fingerprint density at radius 3 is 2.53 bits per heavy atom. The fraction of sp³-hybridized carbons (Fsp3) is 0.217. The number of piperazine rings is 1. The molecule has 3 heterocycles. The second kappa shape index (κ2) is 7.26. The Bertz CT molecular complexity index is 1300. The van der Waals surface area contributed by atoms with Crippen molar-refractivity contribution in [1.82, 2.24) is 14.3 Å². The number of rotatable bonds is 3. The summed E-state index contributed by atoms with van der Waals surface area (Å²) in [7, 11) is 1.67. The van der Waals surface area contributed by atoms with Crippen molar-refractivity contribution in [3.05, 3.63) is 76.7 Å². The van der Waals surface area contributed by atoms with Gasteiger partial charge in [-0.25, -0.2) is 0 Å². The van der Waals surface area contributed by atoms with Gasteiger partial charge in [-0.3, -0.25) is 9.59 Å². The number of ether oxygens (including phenoxy) is 1. The van der Waals surface area contributed by atoms with Crippen LogP contribution >= 0.6 is 0 Å². The number of para-hydroxylation sites is 3. The van der Waals surface area contributed by atoms with Crippen molar-refractivity contribution in [1.29, 1.82) is 0 Å². The van der Waals surface area contributed by atoms with Gasteiger partial charge in [0.2, 0.25) is 0 Å². The second-order valence-electron chi connectivity index (χ2n) is 7.41. The maximum atomic E-state index is 13.1. The van der Waals surface area contributed by atoms with Crippen LogP contribution in [0.1, 0.15) is 10.4 Å². The molecule has 0 spiro atoms. The minimum Gasteiger partial charge on any atom is -0.495 e. The Morgan fingerprint density at radius 1 is 1.00 bits per heavy atom. The SMILES string of the molecule is COc1ccccc1N1CCN(C(=O)c2cc3[nH]c(=O)c4ccccc4n3c2)CC1. The largest absolute Gasteiger partial charge is 0.495 e. The van der Waals surface area contributed by atoms with E-state index in [1.807, 2.05) is 58.0 Å². The van der Waals surface area contributed by atoms with E-state index in [2.05, 4.69) is 9.88 Å². The molecule has 1 fully saturated rings. The van der Waals surface area contributed by atoms with Gasteiger partial charge in [0, 0.05) is 32.4 Å². The van der Waals surface area contributed by atoms with Gasteiger partial charge >= 0.3 is 0 Å². The zero-order chi connectivity index (χ0) is 20.7. The molecule has 7 nitrogen and oxygen atoms in total. The number of aromatic nitrogens is 2. The summed E-state index contributed by atoms with van der Waals surface area (Å²) in [5.74, 6) is 0.815. The van der Waals surface area contributed by atoms with Crippen LogP contribution in [0, 0.1) is 0 Å². The molecule has 1 saturated heterocycles. The number of carbonyl (C=O) groups is 1. The Hall–Kier alpha value is -3.74. The highest BCUT2D eigenvalue weighted by Crippen LogP contribution is 2.28. The van der Waals surface area contributed by atoms with Crippen molar-refractivity contribution >= 4 is 28.1 Å². The first-order valence-corrected chi connectivity index (χ1v) is 9.96. The van der Waals surface area contributed by atoms with Crippen molar-refractivity contribution in [3.8, 4) is 5.75 Å². The molecule has 2 aromatic carbocycles. The maximum Gasteiger partial charge on any atom is 0.258 e. The molecule has 30 heavy (non-hydrogen) atoms. The number of nitrogens with zero attached hydrogens (tertiary/aromatic N) is 3. The lowest BCUT2D eigenvalue weighted by Gasteiger charge is -2.36. The van der Waals surface area contributed by atoms with E-state index in [1.165, 1.54) is 0 Å². The Labute approximate surface area is 173 Å². The van der Waals surface area contributed by atoms with Gasteiger partial charge in [0.1, 0.15) is 11.4 Å². The molecule has 0 saturated carbocycles. The number of amides is 1. The summed E-state index contributed by atoms with van der Waals surface area (Å²) in [5.41, 5.74) is 2.88. The molecule has 2 aromatic heterocycles. The van der Waals surface area contributed by atoms with Gasteiger partial charge < -0.3 is 23.9 Å². The van der Waals surface area contributed by atoms with Gasteiger partial charge in [-0.2, -0.15) is 0 Å². The Morgan fingerprint density at radius 2 is 1.73 bits per heavy atom. The Kier molecular flexibility index (Phi) is 4.43. The first-order valence-electron chi connectivity index (χ1n) is 9.96. The monoisotopic (exact) mass is 402 g/mol. The van der Waals surface area contributed by atoms with Crippen LogP contribution in [0.25, 0.3) is 16.6 Å². The van der Waals surface area contributed by atoms with Crippen LogP contribution in [0.15, 0.2) is 65.6 Å². The number of hydrogen-bond acceptors (Lipinski definition) is 4. The minimum absolute atomic E-state index is 0.0247. The molecule has 1 aliphatic rings. The van der Waals surface area contributed by atoms with Crippen LogP contribution in [-0.4, -0.2) is 53.5 Å². The summed E-state index contributed by atoms with van der Waals surface area (Å²) in [6, 6.07) is 17.1. The number of benzene rings is 2. The molecular weight excluding hydrogens is 380 g/mol. The molecular formula is C23H22N4O3. The highest BCUT2D eigenvalue weighted by atomic mass is 16.5. The molecule has 0 unspecified atom stereocenters. The summed E-state index contributed by atoms with van der Waals surface area (Å²) < 4.78 is 7.34. The average Bonchev–Trinajstić information content (AvgIpc) is 3.23. The van der Waals surface area contributed by atoms with Crippen molar-refractivity contribution in [2.24, 2.45) is 0 Å². The predicted molar refractivity (Wildman–Crippen MR) is 117 cm³/mol. The van der Waals surface area contributed by atoms with Crippen molar-refractivity contribution in [2.45, 2.75) is 0 Å². The molecule has 0 atom stereocenters. The van der Waals surface area contributed by atoms with E-state index in [0.717, 1.165) is 30.0 Å². The molecule has 0 bridgehead atoms. The van der Waals surface area contributed by atoms with E-state index >= 15 is 0 Å². The van der Waals surface area contributed by atoms with Crippen molar-refractivity contribution in [2.75, 3.05) is 38.2 Å². The van der Waals surface area contributed by atoms with Gasteiger partial charge in [-0.15, -0.1) is 0 Å². The molecule has 4 aromatic rings. The lowest BCUT2D eigenvalue weighted by Crippen LogP contribution is -2.48. The zero-order valence-corrected chi connectivity index (χ0v) is 16.7. The van der Waals surface area contributed by atoms with Gasteiger partial charge in [0.05, 0.1) is 29.3 Å². The molecule has 152 valence electrons. The van der Waals surface area contributed by atoms with Crippen LogP contribution < -0.4 is 15.2 Å². The van der Waals surface area contributed by atoms with Gasteiger partial charge in [-0.1, -0.05) is 24.3 Å². The van der Waals surface area contributed by atoms with E-state index in [-0.39, 0.29) is 11.5 Å². The zero-order valence-electron chi connectivity index (χ0n) is 16.7. The van der Waals surface area contributed by atoms with Crippen LogP contribution in [0.2, 0.25) is 0 Å². The summed E-state index contributed by atoms with van der Waals surface area (Å²) in [6.45, 7) is 2.72. The number of anilines is 1. The van der Waals surface area contributed by atoms with Gasteiger partial charge in [0.25, 0.3) is 11.5 Å². The number of nitrogens with one attached hydrogen (secondary N) is 1. The third-order valence-corrected chi connectivity index (χ3v) is 5.71. The minimum atomic E-state index is -0.152. The standard InChI is InChI=1S/C23H22N4O3/c1-30-20-9-5-4-8-19(20)25-10-12-26(13-11-25)23(29)16-14-21-24-22(28)17-6-2-3-7-18(17)27(21)15-16/h2-9,14-15H,10-13H2,1H3,(H,24,28). The van der Waals surface area contributed by atoms with Crippen LogP contribution in [-0.2, 0) is 0 Å². The quantitative estimate of drug-likeness (QED) is 0.572. The fourth-order valence-corrected chi connectivity index (χ4v) is 4.16. The average molecular weight is 402 g/mol. The number of aromatic amines is 1. The third-order valence-electron chi connectivity index (χ3n) is 5.71. The van der Waals surface area contributed by atoms with Crippen molar-refractivity contribution < 1.29 is 9.53 Å². The molecule has 1 aliphatic heterocycles. The first-order chi connectivity index (χ1) is 14.7. The van der Waals surface area contributed by atoms with E-state index in [1.54, 1.807) is 19.2 Å². The molecule has 1 N–H and O–H groups in total. The number of H-pyrrole nitrogens is 1. The number of carbonyl (C=O) groups excluding carboxylic acids is 1. The third kappa shape index (κ3) is 2.99.